The summed E-state index contributed by atoms with van der Waals surface area (Å²) in [6.45, 7) is 0. The van der Waals surface area contributed by atoms with Crippen molar-refractivity contribution in [3.8, 4) is 0 Å². The molecule has 2 atom stereocenters. The standard InChI is InChI=1S/C8H9NO/c1-2-6-3-5(1)7-8(6)10-4-9-7/h4-6H,1-3H2. The Kier molecular flexibility index (Phi) is 0.712. The Morgan fingerprint density at radius 2 is 2.30 bits per heavy atom. The molecule has 52 valence electrons. The zero-order valence-electron chi connectivity index (χ0n) is 5.71. The summed E-state index contributed by atoms with van der Waals surface area (Å²) < 4.78 is 5.30. The molecular weight excluding hydrogens is 126 g/mol. The molecule has 0 saturated heterocycles. The molecule has 1 aromatic heterocycles. The smallest absolute Gasteiger partial charge is 0.181 e. The maximum absolute atomic E-state index is 5.30. The summed E-state index contributed by atoms with van der Waals surface area (Å²) in [6.07, 6.45) is 5.56. The van der Waals surface area contributed by atoms with Crippen molar-refractivity contribution in [2.24, 2.45) is 0 Å². The monoisotopic (exact) mass is 135 g/mol. The summed E-state index contributed by atoms with van der Waals surface area (Å²) in [7, 11) is 0. The molecule has 1 heterocycles. The predicted molar refractivity (Wildman–Crippen MR) is 35.8 cm³/mol. The van der Waals surface area contributed by atoms with Crippen LogP contribution in [0.15, 0.2) is 10.8 Å². The van der Waals surface area contributed by atoms with Gasteiger partial charge in [0.1, 0.15) is 5.76 Å². The highest BCUT2D eigenvalue weighted by Gasteiger charge is 2.40. The number of nitrogens with zero attached hydrogens (tertiary/aromatic N) is 1. The van der Waals surface area contributed by atoms with Crippen molar-refractivity contribution < 1.29 is 4.42 Å². The third-order valence-corrected chi connectivity index (χ3v) is 2.81. The Labute approximate surface area is 59.3 Å². The van der Waals surface area contributed by atoms with Gasteiger partial charge in [-0.1, -0.05) is 0 Å². The minimum absolute atomic E-state index is 0.725. The molecule has 2 bridgehead atoms. The molecule has 10 heavy (non-hydrogen) atoms. The SMILES string of the molecule is c1nc2c(o1)C1CCC2C1. The molecule has 2 aliphatic carbocycles. The molecule has 2 aliphatic rings. The maximum atomic E-state index is 5.30. The molecule has 0 N–H and O–H groups in total. The summed E-state index contributed by atoms with van der Waals surface area (Å²) in [5.41, 5.74) is 1.26. The summed E-state index contributed by atoms with van der Waals surface area (Å²) >= 11 is 0. The number of rotatable bonds is 0. The van der Waals surface area contributed by atoms with Crippen LogP contribution >= 0.6 is 0 Å². The maximum Gasteiger partial charge on any atom is 0.181 e. The molecular formula is C8H9NO. The first-order valence-electron chi connectivity index (χ1n) is 3.88. The zero-order valence-corrected chi connectivity index (χ0v) is 5.71. The Bertz CT molecular complexity index is 241. The van der Waals surface area contributed by atoms with Crippen LogP contribution in [-0.2, 0) is 0 Å². The molecule has 3 rings (SSSR count). The number of hydrogen-bond acceptors (Lipinski definition) is 2. The van der Waals surface area contributed by atoms with Gasteiger partial charge in [0.05, 0.1) is 5.69 Å². The third kappa shape index (κ3) is 0.405. The van der Waals surface area contributed by atoms with Gasteiger partial charge in [-0.25, -0.2) is 4.98 Å². The quantitative estimate of drug-likeness (QED) is 0.544. The van der Waals surface area contributed by atoms with E-state index in [0.29, 0.717) is 0 Å². The second-order valence-electron chi connectivity index (χ2n) is 3.31. The van der Waals surface area contributed by atoms with Crippen molar-refractivity contribution in [3.63, 3.8) is 0 Å². The van der Waals surface area contributed by atoms with Gasteiger partial charge in [-0.05, 0) is 19.3 Å². The van der Waals surface area contributed by atoms with Crippen LogP contribution in [0.3, 0.4) is 0 Å². The third-order valence-electron chi connectivity index (χ3n) is 2.81. The topological polar surface area (TPSA) is 26.0 Å². The van der Waals surface area contributed by atoms with Gasteiger partial charge < -0.3 is 4.42 Å². The minimum Gasteiger partial charge on any atom is -0.448 e. The van der Waals surface area contributed by atoms with E-state index in [2.05, 4.69) is 4.98 Å². The van der Waals surface area contributed by atoms with Gasteiger partial charge in [0.15, 0.2) is 6.39 Å². The number of oxazole rings is 1. The largest absolute Gasteiger partial charge is 0.448 e. The van der Waals surface area contributed by atoms with Crippen molar-refractivity contribution in [2.75, 3.05) is 0 Å². The van der Waals surface area contributed by atoms with Gasteiger partial charge >= 0.3 is 0 Å². The van der Waals surface area contributed by atoms with Crippen molar-refractivity contribution in [1.82, 2.24) is 4.98 Å². The average Bonchev–Trinajstić information content (AvgIpc) is 2.60. The van der Waals surface area contributed by atoms with Gasteiger partial charge in [0.2, 0.25) is 0 Å². The van der Waals surface area contributed by atoms with Crippen molar-refractivity contribution in [3.05, 3.63) is 17.8 Å². The molecule has 0 aliphatic heterocycles. The Hall–Kier alpha value is -0.790. The highest BCUT2D eigenvalue weighted by atomic mass is 16.3. The van der Waals surface area contributed by atoms with Gasteiger partial charge in [0.25, 0.3) is 0 Å². The lowest BCUT2D eigenvalue weighted by atomic mass is 10.0. The first-order valence-corrected chi connectivity index (χ1v) is 3.88. The Morgan fingerprint density at radius 3 is 3.20 bits per heavy atom. The molecule has 0 aromatic carbocycles. The van der Waals surface area contributed by atoms with Crippen LogP contribution in [-0.4, -0.2) is 4.98 Å². The van der Waals surface area contributed by atoms with Crippen LogP contribution in [0, 0.1) is 0 Å². The molecule has 1 fully saturated rings. The molecule has 1 saturated carbocycles. The van der Waals surface area contributed by atoms with E-state index in [1.165, 1.54) is 30.7 Å². The van der Waals surface area contributed by atoms with Crippen LogP contribution in [0.5, 0.6) is 0 Å². The van der Waals surface area contributed by atoms with E-state index in [0.717, 1.165) is 11.8 Å². The fraction of sp³-hybridized carbons (Fsp3) is 0.625. The molecule has 2 nitrogen and oxygen atoms in total. The van der Waals surface area contributed by atoms with E-state index in [1.807, 2.05) is 0 Å². The van der Waals surface area contributed by atoms with Gasteiger partial charge in [-0.15, -0.1) is 0 Å². The number of hydrogen-bond donors (Lipinski definition) is 0. The lowest BCUT2D eigenvalue weighted by Crippen LogP contribution is -1.94. The van der Waals surface area contributed by atoms with Gasteiger partial charge in [0, 0.05) is 11.8 Å². The Morgan fingerprint density at radius 1 is 1.40 bits per heavy atom. The number of fused-ring (bicyclic) bond motifs is 5. The van der Waals surface area contributed by atoms with Crippen LogP contribution in [0.2, 0.25) is 0 Å². The van der Waals surface area contributed by atoms with Crippen LogP contribution in [0.1, 0.15) is 42.6 Å². The van der Waals surface area contributed by atoms with E-state index in [-0.39, 0.29) is 0 Å². The normalized spacial score (nSPS) is 34.8. The first-order chi connectivity index (χ1) is 4.95. The number of aromatic nitrogens is 1. The average molecular weight is 135 g/mol. The fourth-order valence-corrected chi connectivity index (χ4v) is 2.34. The lowest BCUT2D eigenvalue weighted by molar-refractivity contribution is 0.466. The van der Waals surface area contributed by atoms with E-state index in [9.17, 15) is 0 Å². The molecule has 2 unspecified atom stereocenters. The lowest BCUT2D eigenvalue weighted by Gasteiger charge is -2.04. The molecule has 0 radical (unpaired) electrons. The second-order valence-corrected chi connectivity index (χ2v) is 3.31. The molecule has 0 spiro atoms. The summed E-state index contributed by atoms with van der Waals surface area (Å²) in [5.74, 6) is 2.66. The van der Waals surface area contributed by atoms with Crippen LogP contribution in [0.25, 0.3) is 0 Å². The fourth-order valence-electron chi connectivity index (χ4n) is 2.34. The van der Waals surface area contributed by atoms with Crippen molar-refractivity contribution >= 4 is 0 Å². The van der Waals surface area contributed by atoms with Crippen LogP contribution < -0.4 is 0 Å². The summed E-state index contributed by atoms with van der Waals surface area (Å²) in [4.78, 5) is 4.21. The summed E-state index contributed by atoms with van der Waals surface area (Å²) in [6, 6.07) is 0. The minimum atomic E-state index is 0.725. The molecule has 1 aromatic rings. The van der Waals surface area contributed by atoms with Crippen LogP contribution in [0.4, 0.5) is 0 Å². The van der Waals surface area contributed by atoms with Gasteiger partial charge in [-0.2, -0.15) is 0 Å². The highest BCUT2D eigenvalue weighted by molar-refractivity contribution is 5.28. The second kappa shape index (κ2) is 1.44. The zero-order chi connectivity index (χ0) is 6.55. The van der Waals surface area contributed by atoms with E-state index < -0.39 is 0 Å². The van der Waals surface area contributed by atoms with Crippen molar-refractivity contribution in [1.29, 1.82) is 0 Å². The Balaban J connectivity index is 2.25. The van der Waals surface area contributed by atoms with E-state index in [4.69, 9.17) is 4.42 Å². The summed E-state index contributed by atoms with van der Waals surface area (Å²) in [5, 5.41) is 0. The van der Waals surface area contributed by atoms with Crippen molar-refractivity contribution in [2.45, 2.75) is 31.1 Å². The predicted octanol–water partition coefficient (Wildman–Crippen LogP) is 2.04. The van der Waals surface area contributed by atoms with Gasteiger partial charge in [-0.3, -0.25) is 0 Å². The molecule has 2 heteroatoms. The first kappa shape index (κ1) is 4.94. The van der Waals surface area contributed by atoms with E-state index in [1.54, 1.807) is 6.39 Å². The van der Waals surface area contributed by atoms with E-state index >= 15 is 0 Å². The molecule has 0 amide bonds. The highest BCUT2D eigenvalue weighted by Crippen LogP contribution is 2.52.